The summed E-state index contributed by atoms with van der Waals surface area (Å²) in [5.41, 5.74) is -0.583. The van der Waals surface area contributed by atoms with Crippen LogP contribution in [0.15, 0.2) is 0 Å². The van der Waals surface area contributed by atoms with Crippen molar-refractivity contribution in [2.24, 2.45) is 21.7 Å². The molecule has 0 saturated heterocycles. The van der Waals surface area contributed by atoms with Crippen molar-refractivity contribution in [2.75, 3.05) is 52.9 Å². The zero-order valence-electron chi connectivity index (χ0n) is 17.8. The van der Waals surface area contributed by atoms with E-state index in [0.29, 0.717) is 39.6 Å². The lowest BCUT2D eigenvalue weighted by Crippen LogP contribution is -2.33. The number of rotatable bonds is 14. The quantitative estimate of drug-likeness (QED) is 0.497. The van der Waals surface area contributed by atoms with Gasteiger partial charge in [-0.15, -0.1) is 0 Å². The average molecular weight is 363 g/mol. The van der Waals surface area contributed by atoms with Crippen molar-refractivity contribution in [3.63, 3.8) is 0 Å². The Balaban J connectivity index is 4.08. The Morgan fingerprint density at radius 1 is 0.440 bits per heavy atom. The lowest BCUT2D eigenvalue weighted by atomic mass is 9.93. The average Bonchev–Trinajstić information content (AvgIpc) is 2.45. The van der Waals surface area contributed by atoms with E-state index in [-0.39, 0.29) is 34.9 Å². The molecule has 0 spiro atoms. The van der Waals surface area contributed by atoms with Crippen molar-refractivity contribution in [3.8, 4) is 0 Å². The van der Waals surface area contributed by atoms with E-state index in [4.69, 9.17) is 14.2 Å². The molecule has 0 fully saturated rings. The van der Waals surface area contributed by atoms with Crippen LogP contribution in [0.25, 0.3) is 0 Å². The maximum absolute atomic E-state index is 9.26. The zero-order valence-corrected chi connectivity index (χ0v) is 17.8. The van der Waals surface area contributed by atoms with Gasteiger partial charge in [0.2, 0.25) is 0 Å². The Labute approximate surface area is 155 Å². The number of aliphatic hydroxyl groups excluding tert-OH is 2. The second kappa shape index (κ2) is 10.2. The molecule has 0 aromatic carbocycles. The second-order valence-corrected chi connectivity index (χ2v) is 10.5. The molecule has 0 aliphatic rings. The van der Waals surface area contributed by atoms with Gasteiger partial charge in [-0.2, -0.15) is 0 Å². The maximum Gasteiger partial charge on any atom is 0.0539 e. The van der Waals surface area contributed by atoms with E-state index in [1.807, 2.05) is 27.7 Å². The summed E-state index contributed by atoms with van der Waals surface area (Å²) in [6.07, 6.45) is 0. The molecular formula is C20H42O5. The highest BCUT2D eigenvalue weighted by atomic mass is 16.5. The lowest BCUT2D eigenvalue weighted by molar-refractivity contribution is -0.0664. The maximum atomic E-state index is 9.26. The van der Waals surface area contributed by atoms with Crippen molar-refractivity contribution >= 4 is 0 Å². The van der Waals surface area contributed by atoms with E-state index in [2.05, 4.69) is 27.7 Å². The predicted molar refractivity (Wildman–Crippen MR) is 102 cm³/mol. The Morgan fingerprint density at radius 2 is 0.640 bits per heavy atom. The molecule has 0 aliphatic carbocycles. The van der Waals surface area contributed by atoms with Crippen LogP contribution in [0.1, 0.15) is 55.4 Å². The molecule has 152 valence electrons. The van der Waals surface area contributed by atoms with Crippen molar-refractivity contribution in [1.82, 2.24) is 0 Å². The lowest BCUT2D eigenvalue weighted by Gasteiger charge is -2.31. The summed E-state index contributed by atoms with van der Waals surface area (Å²) < 4.78 is 17.4. The first-order valence-corrected chi connectivity index (χ1v) is 9.19. The van der Waals surface area contributed by atoms with Crippen molar-refractivity contribution in [1.29, 1.82) is 0 Å². The van der Waals surface area contributed by atoms with Crippen LogP contribution in [0.2, 0.25) is 0 Å². The third kappa shape index (κ3) is 12.7. The first-order valence-electron chi connectivity index (χ1n) is 9.19. The minimum Gasteiger partial charge on any atom is -0.396 e. The van der Waals surface area contributed by atoms with E-state index in [1.165, 1.54) is 0 Å². The standard InChI is InChI=1S/C20H42O5/c1-17(2,9-21)11-23-13-19(5,6)15-25-16-20(7,8)14-24-12-18(3,4)10-22/h21-22H,9-16H2,1-8H3. The van der Waals surface area contributed by atoms with Gasteiger partial charge >= 0.3 is 0 Å². The highest BCUT2D eigenvalue weighted by molar-refractivity contribution is 4.73. The molecule has 0 aromatic rings. The van der Waals surface area contributed by atoms with Crippen LogP contribution in [0, 0.1) is 21.7 Å². The predicted octanol–water partition coefficient (Wildman–Crippen LogP) is 3.13. The molecule has 0 bridgehead atoms. The Kier molecular flexibility index (Phi) is 10.1. The molecule has 0 aromatic heterocycles. The van der Waals surface area contributed by atoms with Crippen LogP contribution < -0.4 is 0 Å². The summed E-state index contributed by atoms with van der Waals surface area (Å²) in [4.78, 5) is 0. The highest BCUT2D eigenvalue weighted by Gasteiger charge is 2.26. The summed E-state index contributed by atoms with van der Waals surface area (Å²) in [5, 5.41) is 18.5. The van der Waals surface area contributed by atoms with Gasteiger partial charge in [0, 0.05) is 21.7 Å². The Bertz CT molecular complexity index is 327. The van der Waals surface area contributed by atoms with Crippen molar-refractivity contribution < 1.29 is 24.4 Å². The summed E-state index contributed by atoms with van der Waals surface area (Å²) in [6, 6.07) is 0. The van der Waals surface area contributed by atoms with E-state index in [1.54, 1.807) is 0 Å². The van der Waals surface area contributed by atoms with Crippen LogP contribution in [0.5, 0.6) is 0 Å². The van der Waals surface area contributed by atoms with Gasteiger partial charge in [0.1, 0.15) is 0 Å². The third-order valence-corrected chi connectivity index (χ3v) is 3.81. The van der Waals surface area contributed by atoms with Crippen molar-refractivity contribution in [2.45, 2.75) is 55.4 Å². The van der Waals surface area contributed by atoms with E-state index in [9.17, 15) is 10.2 Å². The fraction of sp³-hybridized carbons (Fsp3) is 1.00. The van der Waals surface area contributed by atoms with Crippen LogP contribution in [0.3, 0.4) is 0 Å². The first kappa shape index (κ1) is 24.8. The smallest absolute Gasteiger partial charge is 0.0539 e. The van der Waals surface area contributed by atoms with Gasteiger partial charge in [-0.1, -0.05) is 55.4 Å². The van der Waals surface area contributed by atoms with Gasteiger partial charge in [0.05, 0.1) is 52.9 Å². The Morgan fingerprint density at radius 3 is 0.840 bits per heavy atom. The molecule has 25 heavy (non-hydrogen) atoms. The third-order valence-electron chi connectivity index (χ3n) is 3.81. The van der Waals surface area contributed by atoms with Gasteiger partial charge in [-0.25, -0.2) is 0 Å². The van der Waals surface area contributed by atoms with Crippen LogP contribution in [0.4, 0.5) is 0 Å². The number of hydrogen-bond acceptors (Lipinski definition) is 5. The normalized spacial score (nSPS) is 14.2. The molecule has 5 heteroatoms. The van der Waals surface area contributed by atoms with E-state index < -0.39 is 0 Å². The number of hydrogen-bond donors (Lipinski definition) is 2. The molecule has 0 rings (SSSR count). The van der Waals surface area contributed by atoms with Crippen LogP contribution >= 0.6 is 0 Å². The van der Waals surface area contributed by atoms with E-state index in [0.717, 1.165) is 0 Å². The summed E-state index contributed by atoms with van der Waals surface area (Å²) in [6.45, 7) is 20.1. The SMILES string of the molecule is CC(C)(CO)COCC(C)(C)COCC(C)(C)COCC(C)(C)CO. The molecule has 0 saturated carbocycles. The van der Waals surface area contributed by atoms with Gasteiger partial charge in [-0.05, 0) is 0 Å². The van der Waals surface area contributed by atoms with Gasteiger partial charge in [0.25, 0.3) is 0 Å². The fourth-order valence-corrected chi connectivity index (χ4v) is 1.99. The number of aliphatic hydroxyl groups is 2. The fourth-order valence-electron chi connectivity index (χ4n) is 1.99. The van der Waals surface area contributed by atoms with Crippen molar-refractivity contribution in [3.05, 3.63) is 0 Å². The molecule has 0 unspecified atom stereocenters. The summed E-state index contributed by atoms with van der Waals surface area (Å²) >= 11 is 0. The summed E-state index contributed by atoms with van der Waals surface area (Å²) in [7, 11) is 0. The molecular weight excluding hydrogens is 320 g/mol. The van der Waals surface area contributed by atoms with Crippen LogP contribution in [-0.2, 0) is 14.2 Å². The van der Waals surface area contributed by atoms with Gasteiger partial charge < -0.3 is 24.4 Å². The molecule has 0 radical (unpaired) electrons. The second-order valence-electron chi connectivity index (χ2n) is 10.5. The minimum atomic E-state index is -0.210. The number of ether oxygens (including phenoxy) is 3. The van der Waals surface area contributed by atoms with Gasteiger partial charge in [0.15, 0.2) is 0 Å². The molecule has 0 aliphatic heterocycles. The Hall–Kier alpha value is -0.200. The molecule has 0 atom stereocenters. The molecule has 2 N–H and O–H groups in total. The largest absolute Gasteiger partial charge is 0.396 e. The zero-order chi connectivity index (χ0) is 19.8. The molecule has 0 heterocycles. The van der Waals surface area contributed by atoms with Crippen LogP contribution in [-0.4, -0.2) is 63.1 Å². The highest BCUT2D eigenvalue weighted by Crippen LogP contribution is 2.23. The monoisotopic (exact) mass is 362 g/mol. The topological polar surface area (TPSA) is 68.2 Å². The molecule has 0 amide bonds. The minimum absolute atomic E-state index is 0.0820. The van der Waals surface area contributed by atoms with E-state index >= 15 is 0 Å². The molecule has 5 nitrogen and oxygen atoms in total. The summed E-state index contributed by atoms with van der Waals surface area (Å²) in [5.74, 6) is 0. The first-order chi connectivity index (χ1) is 11.2. The van der Waals surface area contributed by atoms with Gasteiger partial charge in [-0.3, -0.25) is 0 Å².